The number of rotatable bonds is 5. The van der Waals surface area contributed by atoms with Gasteiger partial charge in [-0.25, -0.2) is 0 Å². The Morgan fingerprint density at radius 2 is 1.78 bits per heavy atom. The fourth-order valence-corrected chi connectivity index (χ4v) is 3.07. The quantitative estimate of drug-likeness (QED) is 0.891. The van der Waals surface area contributed by atoms with Gasteiger partial charge in [0.05, 0.1) is 0 Å². The number of piperidine rings is 1. The highest BCUT2D eigenvalue weighted by molar-refractivity contribution is 5.94. The molecule has 1 heterocycles. The van der Waals surface area contributed by atoms with Crippen molar-refractivity contribution in [3.8, 4) is 0 Å². The Hall–Kier alpha value is -1.35. The summed E-state index contributed by atoms with van der Waals surface area (Å²) in [5, 5.41) is 3.20. The van der Waals surface area contributed by atoms with Gasteiger partial charge in [-0.3, -0.25) is 4.79 Å². The van der Waals surface area contributed by atoms with Crippen molar-refractivity contribution in [2.24, 2.45) is 0 Å². The van der Waals surface area contributed by atoms with E-state index >= 15 is 0 Å². The standard InChI is InChI=1S/C20H32N2O/c1-5-6-13-22-14-11-18(12-15-22)21-19(23)16-7-9-17(10-8-16)20(2,3)4/h7-10,18H,5-6,11-15H2,1-4H3,(H,21,23). The number of carbonyl (C=O) groups excluding carboxylic acids is 1. The summed E-state index contributed by atoms with van der Waals surface area (Å²) in [6.07, 6.45) is 4.66. The van der Waals surface area contributed by atoms with Gasteiger partial charge in [0.25, 0.3) is 5.91 Å². The molecular formula is C20H32N2O. The maximum Gasteiger partial charge on any atom is 0.251 e. The first kappa shape index (κ1) is 18.0. The number of hydrogen-bond acceptors (Lipinski definition) is 2. The minimum atomic E-state index is 0.0671. The van der Waals surface area contributed by atoms with Crippen LogP contribution < -0.4 is 5.32 Å². The maximum absolute atomic E-state index is 12.4. The van der Waals surface area contributed by atoms with Crippen molar-refractivity contribution < 1.29 is 4.79 Å². The van der Waals surface area contributed by atoms with Crippen molar-refractivity contribution in [2.75, 3.05) is 19.6 Å². The Morgan fingerprint density at radius 3 is 2.30 bits per heavy atom. The lowest BCUT2D eigenvalue weighted by atomic mass is 9.86. The van der Waals surface area contributed by atoms with Crippen molar-refractivity contribution >= 4 is 5.91 Å². The second kappa shape index (κ2) is 7.96. The summed E-state index contributed by atoms with van der Waals surface area (Å²) in [4.78, 5) is 14.9. The number of benzene rings is 1. The number of carbonyl (C=O) groups is 1. The molecule has 1 amide bonds. The van der Waals surface area contributed by atoms with Crippen LogP contribution in [0.1, 0.15) is 69.3 Å². The van der Waals surface area contributed by atoms with E-state index < -0.39 is 0 Å². The normalized spacial score (nSPS) is 17.2. The molecule has 0 radical (unpaired) electrons. The maximum atomic E-state index is 12.4. The van der Waals surface area contributed by atoms with Gasteiger partial charge < -0.3 is 10.2 Å². The van der Waals surface area contributed by atoms with E-state index in [0.29, 0.717) is 6.04 Å². The number of unbranched alkanes of at least 4 members (excludes halogenated alkanes) is 1. The van der Waals surface area contributed by atoms with Crippen molar-refractivity contribution in [3.63, 3.8) is 0 Å². The van der Waals surface area contributed by atoms with E-state index in [1.807, 2.05) is 12.1 Å². The van der Waals surface area contributed by atoms with Crippen molar-refractivity contribution in [1.82, 2.24) is 10.2 Å². The van der Waals surface area contributed by atoms with Gasteiger partial charge in [-0.05, 0) is 48.9 Å². The van der Waals surface area contributed by atoms with Crippen LogP contribution in [-0.4, -0.2) is 36.5 Å². The molecule has 0 aliphatic carbocycles. The molecule has 128 valence electrons. The summed E-state index contributed by atoms with van der Waals surface area (Å²) in [5.41, 5.74) is 2.16. The SMILES string of the molecule is CCCCN1CCC(NC(=O)c2ccc(C(C)(C)C)cc2)CC1. The largest absolute Gasteiger partial charge is 0.349 e. The molecule has 1 aliphatic heterocycles. The molecule has 23 heavy (non-hydrogen) atoms. The Kier molecular flexibility index (Phi) is 6.23. The minimum absolute atomic E-state index is 0.0671. The lowest BCUT2D eigenvalue weighted by molar-refractivity contribution is 0.0910. The van der Waals surface area contributed by atoms with Crippen LogP contribution in [0.15, 0.2) is 24.3 Å². The first-order valence-corrected chi connectivity index (χ1v) is 9.04. The van der Waals surface area contributed by atoms with E-state index in [9.17, 15) is 4.79 Å². The van der Waals surface area contributed by atoms with Gasteiger partial charge in [0, 0.05) is 24.7 Å². The molecule has 3 heteroatoms. The number of nitrogens with one attached hydrogen (secondary N) is 1. The van der Waals surface area contributed by atoms with Crippen molar-refractivity contribution in [2.45, 2.75) is 64.8 Å². The first-order valence-electron chi connectivity index (χ1n) is 9.04. The molecule has 0 saturated carbocycles. The van der Waals surface area contributed by atoms with Gasteiger partial charge in [-0.2, -0.15) is 0 Å². The summed E-state index contributed by atoms with van der Waals surface area (Å²) in [7, 11) is 0. The third-order valence-electron chi connectivity index (χ3n) is 4.76. The fourth-order valence-electron chi connectivity index (χ4n) is 3.07. The molecule has 1 saturated heterocycles. The van der Waals surface area contributed by atoms with Gasteiger partial charge >= 0.3 is 0 Å². The van der Waals surface area contributed by atoms with Crippen LogP contribution in [-0.2, 0) is 5.41 Å². The summed E-state index contributed by atoms with van der Waals surface area (Å²) in [6.45, 7) is 12.2. The topological polar surface area (TPSA) is 32.3 Å². The summed E-state index contributed by atoms with van der Waals surface area (Å²) in [6, 6.07) is 8.37. The molecule has 0 atom stereocenters. The van der Waals surface area contributed by atoms with Crippen molar-refractivity contribution in [1.29, 1.82) is 0 Å². The molecule has 0 aromatic heterocycles. The van der Waals surface area contributed by atoms with Crippen LogP contribution in [0.5, 0.6) is 0 Å². The van der Waals surface area contributed by atoms with Gasteiger partial charge in [0.15, 0.2) is 0 Å². The van der Waals surface area contributed by atoms with Crippen LogP contribution in [0.2, 0.25) is 0 Å². The van der Waals surface area contributed by atoms with E-state index in [2.05, 4.69) is 50.0 Å². The Balaban J connectivity index is 1.83. The highest BCUT2D eigenvalue weighted by Crippen LogP contribution is 2.22. The molecule has 1 aromatic rings. The fraction of sp³-hybridized carbons (Fsp3) is 0.650. The Morgan fingerprint density at radius 1 is 1.17 bits per heavy atom. The zero-order valence-electron chi connectivity index (χ0n) is 15.2. The van der Waals surface area contributed by atoms with E-state index in [1.54, 1.807) is 0 Å². The smallest absolute Gasteiger partial charge is 0.251 e. The van der Waals surface area contributed by atoms with E-state index in [1.165, 1.54) is 24.9 Å². The van der Waals surface area contributed by atoms with Gasteiger partial charge in [0.2, 0.25) is 0 Å². The van der Waals surface area contributed by atoms with Crippen LogP contribution in [0, 0.1) is 0 Å². The number of hydrogen-bond donors (Lipinski definition) is 1. The molecular weight excluding hydrogens is 284 g/mol. The molecule has 3 nitrogen and oxygen atoms in total. The molecule has 1 N–H and O–H groups in total. The molecule has 0 spiro atoms. The zero-order chi connectivity index (χ0) is 16.9. The molecule has 2 rings (SSSR count). The highest BCUT2D eigenvalue weighted by atomic mass is 16.1. The van der Waals surface area contributed by atoms with Crippen LogP contribution in [0.3, 0.4) is 0 Å². The van der Waals surface area contributed by atoms with E-state index in [0.717, 1.165) is 31.5 Å². The molecule has 1 fully saturated rings. The molecule has 0 bridgehead atoms. The first-order chi connectivity index (χ1) is 10.9. The average molecular weight is 316 g/mol. The number of nitrogens with zero attached hydrogens (tertiary/aromatic N) is 1. The predicted molar refractivity (Wildman–Crippen MR) is 97.0 cm³/mol. The van der Waals surface area contributed by atoms with Crippen molar-refractivity contribution in [3.05, 3.63) is 35.4 Å². The van der Waals surface area contributed by atoms with E-state index in [-0.39, 0.29) is 11.3 Å². The van der Waals surface area contributed by atoms with Crippen LogP contribution >= 0.6 is 0 Å². The molecule has 1 aliphatic rings. The number of amides is 1. The molecule has 0 unspecified atom stereocenters. The minimum Gasteiger partial charge on any atom is -0.349 e. The predicted octanol–water partition coefficient (Wildman–Crippen LogP) is 3.98. The van der Waals surface area contributed by atoms with Gasteiger partial charge in [-0.1, -0.05) is 46.2 Å². The van der Waals surface area contributed by atoms with Gasteiger partial charge in [0.1, 0.15) is 0 Å². The zero-order valence-corrected chi connectivity index (χ0v) is 15.2. The monoisotopic (exact) mass is 316 g/mol. The second-order valence-corrected chi connectivity index (χ2v) is 7.77. The van der Waals surface area contributed by atoms with Crippen LogP contribution in [0.25, 0.3) is 0 Å². The summed E-state index contributed by atoms with van der Waals surface area (Å²) < 4.78 is 0. The Bertz CT molecular complexity index is 493. The van der Waals surface area contributed by atoms with Crippen LogP contribution in [0.4, 0.5) is 0 Å². The third-order valence-corrected chi connectivity index (χ3v) is 4.76. The highest BCUT2D eigenvalue weighted by Gasteiger charge is 2.21. The Labute approximate surface area is 141 Å². The number of likely N-dealkylation sites (tertiary alicyclic amines) is 1. The molecule has 1 aromatic carbocycles. The lowest BCUT2D eigenvalue weighted by Crippen LogP contribution is -2.44. The summed E-state index contributed by atoms with van der Waals surface area (Å²) >= 11 is 0. The van der Waals surface area contributed by atoms with E-state index in [4.69, 9.17) is 0 Å². The summed E-state index contributed by atoms with van der Waals surface area (Å²) in [5.74, 6) is 0.0671. The second-order valence-electron chi connectivity index (χ2n) is 7.77. The lowest BCUT2D eigenvalue weighted by Gasteiger charge is -2.32. The van der Waals surface area contributed by atoms with Gasteiger partial charge in [-0.15, -0.1) is 0 Å². The third kappa shape index (κ3) is 5.35. The average Bonchev–Trinajstić information content (AvgIpc) is 2.53.